The lowest BCUT2D eigenvalue weighted by molar-refractivity contribution is -0.118. The van der Waals surface area contributed by atoms with Gasteiger partial charge in [-0.3, -0.25) is 9.59 Å². The molecule has 0 unspecified atom stereocenters. The lowest BCUT2D eigenvalue weighted by Gasteiger charge is -2.13. The first-order chi connectivity index (χ1) is 22.2. The van der Waals surface area contributed by atoms with Crippen LogP contribution in [0.4, 0.5) is 16.5 Å². The number of thiazole rings is 1. The van der Waals surface area contributed by atoms with Gasteiger partial charge in [-0.25, -0.2) is 10.4 Å². The van der Waals surface area contributed by atoms with Gasteiger partial charge in [0.15, 0.2) is 23.2 Å². The van der Waals surface area contributed by atoms with Crippen LogP contribution >= 0.6 is 38.9 Å². The van der Waals surface area contributed by atoms with Gasteiger partial charge in [-0.2, -0.15) is 5.10 Å². The van der Waals surface area contributed by atoms with Gasteiger partial charge in [0.2, 0.25) is 0 Å². The number of aryl methyl sites for hydroxylation is 2. The number of benzene rings is 4. The zero-order valence-electron chi connectivity index (χ0n) is 25.1. The molecule has 1 aromatic heterocycles. The number of carbonyl (C=O) groups is 2. The van der Waals surface area contributed by atoms with Crippen LogP contribution in [-0.4, -0.2) is 36.7 Å². The van der Waals surface area contributed by atoms with E-state index in [1.165, 1.54) is 30.2 Å². The molecule has 5 rings (SSSR count). The number of aromatic nitrogens is 1. The van der Waals surface area contributed by atoms with Gasteiger partial charge in [0, 0.05) is 32.9 Å². The molecule has 0 saturated carbocycles. The van der Waals surface area contributed by atoms with Crippen molar-refractivity contribution < 1.29 is 19.1 Å². The maximum atomic E-state index is 12.7. The van der Waals surface area contributed by atoms with Crippen molar-refractivity contribution in [2.24, 2.45) is 5.10 Å². The van der Waals surface area contributed by atoms with Gasteiger partial charge in [0.1, 0.15) is 0 Å². The molecule has 234 valence electrons. The van der Waals surface area contributed by atoms with Crippen molar-refractivity contribution in [2.75, 3.05) is 24.4 Å². The molecule has 0 radical (unpaired) electrons. The number of hydrogen-bond acceptors (Lipinski definition) is 8. The second-order valence-corrected chi connectivity index (χ2v) is 12.3. The molecule has 0 aliphatic rings. The van der Waals surface area contributed by atoms with E-state index in [4.69, 9.17) is 21.1 Å². The van der Waals surface area contributed by atoms with E-state index >= 15 is 0 Å². The van der Waals surface area contributed by atoms with Crippen molar-refractivity contribution in [2.45, 2.75) is 13.8 Å². The number of methoxy groups -OCH3 is 1. The average Bonchev–Trinajstić information content (AvgIpc) is 3.51. The monoisotopic (exact) mass is 717 g/mol. The molecule has 0 aliphatic heterocycles. The molecule has 0 aliphatic carbocycles. The van der Waals surface area contributed by atoms with Crippen LogP contribution in [0.25, 0.3) is 11.3 Å². The SMILES string of the molecule is COc1cc(/C=N/NC(=O)c2ccc(-c3csc(Nc4ccc(C)cc4)n3)cc2)cc(Br)c1OCC(=O)Nc1ccc(C)c(Cl)c1. The van der Waals surface area contributed by atoms with Gasteiger partial charge in [0.25, 0.3) is 11.8 Å². The summed E-state index contributed by atoms with van der Waals surface area (Å²) in [4.78, 5) is 29.8. The van der Waals surface area contributed by atoms with E-state index in [1.807, 2.05) is 61.7 Å². The quantitative estimate of drug-likeness (QED) is 0.0935. The van der Waals surface area contributed by atoms with Crippen molar-refractivity contribution in [3.8, 4) is 22.8 Å². The highest BCUT2D eigenvalue weighted by Gasteiger charge is 2.14. The Balaban J connectivity index is 1.15. The van der Waals surface area contributed by atoms with Crippen molar-refractivity contribution in [1.29, 1.82) is 0 Å². The van der Waals surface area contributed by atoms with Crippen LogP contribution in [0.1, 0.15) is 27.0 Å². The molecule has 0 saturated heterocycles. The number of rotatable bonds is 11. The number of amides is 2. The van der Waals surface area contributed by atoms with Gasteiger partial charge in [-0.15, -0.1) is 11.3 Å². The zero-order valence-corrected chi connectivity index (χ0v) is 28.2. The molecule has 12 heteroatoms. The Kier molecular flexibility index (Phi) is 10.7. The number of nitrogens with zero attached hydrogens (tertiary/aromatic N) is 2. The molecular formula is C34H29BrClN5O4S. The van der Waals surface area contributed by atoms with E-state index in [0.29, 0.717) is 37.8 Å². The molecule has 2 amide bonds. The molecule has 0 fully saturated rings. The topological polar surface area (TPSA) is 114 Å². The molecule has 0 bridgehead atoms. The van der Waals surface area contributed by atoms with E-state index < -0.39 is 0 Å². The maximum absolute atomic E-state index is 12.7. The highest BCUT2D eigenvalue weighted by atomic mass is 79.9. The minimum Gasteiger partial charge on any atom is -0.493 e. The van der Waals surface area contributed by atoms with Gasteiger partial charge in [-0.05, 0) is 89.4 Å². The summed E-state index contributed by atoms with van der Waals surface area (Å²) >= 11 is 11.1. The molecule has 4 aromatic carbocycles. The van der Waals surface area contributed by atoms with Crippen LogP contribution in [0.3, 0.4) is 0 Å². The third-order valence-electron chi connectivity index (χ3n) is 6.68. The molecule has 1 heterocycles. The molecule has 9 nitrogen and oxygen atoms in total. The minimum atomic E-state index is -0.366. The highest BCUT2D eigenvalue weighted by molar-refractivity contribution is 9.10. The molecule has 0 spiro atoms. The summed E-state index contributed by atoms with van der Waals surface area (Å²) in [6, 6.07) is 23.9. The van der Waals surface area contributed by atoms with Crippen LogP contribution in [0.5, 0.6) is 11.5 Å². The van der Waals surface area contributed by atoms with E-state index in [2.05, 4.69) is 42.1 Å². The Hall–Kier alpha value is -4.71. The predicted octanol–water partition coefficient (Wildman–Crippen LogP) is 8.38. The summed E-state index contributed by atoms with van der Waals surface area (Å²) in [5.74, 6) is -0.00131. The summed E-state index contributed by atoms with van der Waals surface area (Å²) in [5, 5.41) is 13.5. The van der Waals surface area contributed by atoms with Crippen molar-refractivity contribution >= 4 is 73.4 Å². The van der Waals surface area contributed by atoms with Gasteiger partial charge in [0.05, 0.1) is 23.5 Å². The van der Waals surface area contributed by atoms with Crippen LogP contribution < -0.4 is 25.5 Å². The van der Waals surface area contributed by atoms with Gasteiger partial charge >= 0.3 is 0 Å². The van der Waals surface area contributed by atoms with Gasteiger partial charge < -0.3 is 20.1 Å². The number of hydrogen-bond donors (Lipinski definition) is 3. The zero-order chi connectivity index (χ0) is 32.6. The normalized spacial score (nSPS) is 10.9. The van der Waals surface area contributed by atoms with Crippen molar-refractivity contribution in [3.63, 3.8) is 0 Å². The molecular weight excluding hydrogens is 690 g/mol. The highest BCUT2D eigenvalue weighted by Crippen LogP contribution is 2.36. The number of ether oxygens (including phenoxy) is 2. The van der Waals surface area contributed by atoms with Crippen LogP contribution in [0, 0.1) is 13.8 Å². The number of hydrazone groups is 1. The van der Waals surface area contributed by atoms with Crippen LogP contribution in [0.2, 0.25) is 5.02 Å². The fraction of sp³-hybridized carbons (Fsp3) is 0.118. The van der Waals surface area contributed by atoms with E-state index in [0.717, 1.165) is 27.6 Å². The third-order valence-corrected chi connectivity index (χ3v) is 8.44. The Morgan fingerprint density at radius 1 is 1.00 bits per heavy atom. The van der Waals surface area contributed by atoms with Crippen molar-refractivity contribution in [1.82, 2.24) is 10.4 Å². The smallest absolute Gasteiger partial charge is 0.271 e. The first-order valence-corrected chi connectivity index (χ1v) is 16.0. The van der Waals surface area contributed by atoms with Gasteiger partial charge in [-0.1, -0.05) is 47.5 Å². The van der Waals surface area contributed by atoms with Crippen LogP contribution in [-0.2, 0) is 4.79 Å². The summed E-state index contributed by atoms with van der Waals surface area (Å²) in [6.07, 6.45) is 1.48. The fourth-order valence-corrected chi connectivity index (χ4v) is 5.70. The first kappa shape index (κ1) is 32.7. The lowest BCUT2D eigenvalue weighted by atomic mass is 10.1. The average molecular weight is 719 g/mol. The summed E-state index contributed by atoms with van der Waals surface area (Å²) in [6.45, 7) is 3.67. The van der Waals surface area contributed by atoms with E-state index in [9.17, 15) is 9.59 Å². The Bertz CT molecular complexity index is 1900. The fourth-order valence-electron chi connectivity index (χ4n) is 4.21. The largest absolute Gasteiger partial charge is 0.493 e. The van der Waals surface area contributed by atoms with E-state index in [1.54, 1.807) is 36.4 Å². The minimum absolute atomic E-state index is 0.253. The maximum Gasteiger partial charge on any atom is 0.271 e. The number of carbonyl (C=O) groups excluding carboxylic acids is 2. The van der Waals surface area contributed by atoms with E-state index in [-0.39, 0.29) is 18.4 Å². The third kappa shape index (κ3) is 8.51. The standard InChI is InChI=1S/C34H29BrClN5O4S/c1-20-4-11-25(12-5-20)39-34-40-29(19-46-34)23-7-9-24(10-8-23)33(43)41-37-17-22-14-27(35)32(30(15-22)44-3)45-18-31(42)38-26-13-6-21(2)28(36)16-26/h4-17,19H,18H2,1-3H3,(H,38,42)(H,39,40)(H,41,43)/b37-17+. The molecule has 46 heavy (non-hydrogen) atoms. The lowest BCUT2D eigenvalue weighted by Crippen LogP contribution is -2.20. The first-order valence-electron chi connectivity index (χ1n) is 14.0. The number of nitrogens with one attached hydrogen (secondary N) is 3. The van der Waals surface area contributed by atoms with Crippen LogP contribution in [0.15, 0.2) is 93.8 Å². The number of halogens is 2. The second-order valence-electron chi connectivity index (χ2n) is 10.1. The second kappa shape index (κ2) is 15.0. The summed E-state index contributed by atoms with van der Waals surface area (Å²) < 4.78 is 11.7. The molecule has 5 aromatic rings. The predicted molar refractivity (Wildman–Crippen MR) is 188 cm³/mol. The summed E-state index contributed by atoms with van der Waals surface area (Å²) in [5.41, 5.74) is 8.97. The number of anilines is 3. The molecule has 3 N–H and O–H groups in total. The summed E-state index contributed by atoms with van der Waals surface area (Å²) in [7, 11) is 1.49. The van der Waals surface area contributed by atoms with Crippen molar-refractivity contribution in [3.05, 3.63) is 116 Å². The Morgan fingerprint density at radius 3 is 2.46 bits per heavy atom. The Morgan fingerprint density at radius 2 is 1.74 bits per heavy atom. The Labute approximate surface area is 283 Å². The molecule has 0 atom stereocenters.